The van der Waals surface area contributed by atoms with E-state index < -0.39 is 9.53 Å². The Balaban J connectivity index is 2.45. The minimum atomic E-state index is -1.96. The van der Waals surface area contributed by atoms with Crippen LogP contribution in [0.15, 0.2) is 29.2 Å². The van der Waals surface area contributed by atoms with Crippen molar-refractivity contribution in [2.45, 2.75) is 25.3 Å². The molecule has 0 atom stereocenters. The summed E-state index contributed by atoms with van der Waals surface area (Å²) in [5.74, 6) is 0. The molecule has 1 aromatic rings. The summed E-state index contributed by atoms with van der Waals surface area (Å²) in [6, 6.07) is 7.85. The van der Waals surface area contributed by atoms with E-state index in [9.17, 15) is 0 Å². The highest BCUT2D eigenvalue weighted by atomic mass is 32.1. The molecule has 0 aliphatic carbocycles. The maximum atomic E-state index is 5.64. The van der Waals surface area contributed by atoms with Crippen molar-refractivity contribution in [1.29, 1.82) is 0 Å². The Morgan fingerprint density at radius 1 is 1.06 bits per heavy atom. The number of benzene rings is 1. The van der Waals surface area contributed by atoms with Crippen molar-refractivity contribution in [3.8, 4) is 0 Å². The van der Waals surface area contributed by atoms with Gasteiger partial charge < -0.3 is 13.3 Å². The van der Waals surface area contributed by atoms with Crippen LogP contribution in [0.5, 0.6) is 0 Å². The van der Waals surface area contributed by atoms with Gasteiger partial charge in [0.1, 0.15) is 0 Å². The molecule has 0 aromatic heterocycles. The lowest BCUT2D eigenvalue weighted by atomic mass is 10.2. The summed E-state index contributed by atoms with van der Waals surface area (Å²) < 4.78 is 16.5. The van der Waals surface area contributed by atoms with Gasteiger partial charge in [0.05, 0.1) is 6.61 Å². The van der Waals surface area contributed by atoms with Crippen LogP contribution in [-0.2, 0) is 19.9 Å². The van der Waals surface area contributed by atoms with E-state index in [1.54, 1.807) is 0 Å². The van der Waals surface area contributed by atoms with Crippen LogP contribution >= 0.6 is 12.6 Å². The predicted octanol–water partition coefficient (Wildman–Crippen LogP) is 2.28. The Kier molecular flexibility index (Phi) is 6.75. The molecule has 0 spiro atoms. The molecule has 16 heavy (non-hydrogen) atoms. The molecular formula is C11H18O3SSi. The Labute approximate surface area is 104 Å². The second-order valence-electron chi connectivity index (χ2n) is 3.14. The second-order valence-corrected chi connectivity index (χ2v) is 5.20. The van der Waals surface area contributed by atoms with Gasteiger partial charge in [-0.25, -0.2) is 0 Å². The van der Waals surface area contributed by atoms with Gasteiger partial charge in [-0.2, -0.15) is 0 Å². The molecule has 0 saturated heterocycles. The van der Waals surface area contributed by atoms with Gasteiger partial charge in [-0.3, -0.25) is 0 Å². The summed E-state index contributed by atoms with van der Waals surface area (Å²) in [5, 5.41) is 0. The Morgan fingerprint density at radius 2 is 1.69 bits per heavy atom. The van der Waals surface area contributed by atoms with Gasteiger partial charge in [-0.1, -0.05) is 18.2 Å². The van der Waals surface area contributed by atoms with Gasteiger partial charge in [0.15, 0.2) is 0 Å². The van der Waals surface area contributed by atoms with Crippen molar-refractivity contribution in [3.05, 3.63) is 29.8 Å². The van der Waals surface area contributed by atoms with Crippen LogP contribution in [0, 0.1) is 0 Å². The fourth-order valence-electron chi connectivity index (χ4n) is 1.21. The van der Waals surface area contributed by atoms with Gasteiger partial charge in [-0.05, 0) is 25.5 Å². The van der Waals surface area contributed by atoms with Gasteiger partial charge >= 0.3 is 9.53 Å². The normalized spacial score (nSPS) is 11.0. The zero-order valence-electron chi connectivity index (χ0n) is 9.68. The molecule has 0 amide bonds. The van der Waals surface area contributed by atoms with Crippen molar-refractivity contribution in [3.63, 3.8) is 0 Å². The van der Waals surface area contributed by atoms with Crippen molar-refractivity contribution >= 4 is 22.2 Å². The van der Waals surface area contributed by atoms with E-state index in [0.29, 0.717) is 19.8 Å². The molecule has 1 rings (SSSR count). The van der Waals surface area contributed by atoms with Crippen LogP contribution in [-0.4, -0.2) is 22.7 Å². The van der Waals surface area contributed by atoms with Gasteiger partial charge in [0, 0.05) is 18.1 Å². The summed E-state index contributed by atoms with van der Waals surface area (Å²) in [4.78, 5) is 0.934. The zero-order valence-corrected chi connectivity index (χ0v) is 11.7. The molecule has 0 N–H and O–H groups in total. The van der Waals surface area contributed by atoms with Crippen LogP contribution < -0.4 is 0 Å². The summed E-state index contributed by atoms with van der Waals surface area (Å²) in [7, 11) is -1.96. The third kappa shape index (κ3) is 4.67. The smallest absolute Gasteiger partial charge is 0.376 e. The Morgan fingerprint density at radius 3 is 2.25 bits per heavy atom. The molecule has 0 unspecified atom stereocenters. The van der Waals surface area contributed by atoms with E-state index in [1.165, 1.54) is 0 Å². The van der Waals surface area contributed by atoms with Crippen molar-refractivity contribution < 1.29 is 13.3 Å². The maximum Gasteiger partial charge on any atom is 0.484 e. The lowest BCUT2D eigenvalue weighted by Crippen LogP contribution is -2.27. The van der Waals surface area contributed by atoms with E-state index in [-0.39, 0.29) is 0 Å². The summed E-state index contributed by atoms with van der Waals surface area (Å²) in [6.07, 6.45) is 0. The van der Waals surface area contributed by atoms with Gasteiger partial charge in [0.25, 0.3) is 0 Å². The molecule has 90 valence electrons. The third-order valence-electron chi connectivity index (χ3n) is 1.97. The number of hydrogen-bond donors (Lipinski definition) is 1. The highest BCUT2D eigenvalue weighted by Gasteiger charge is 2.14. The molecule has 1 aromatic carbocycles. The van der Waals surface area contributed by atoms with Crippen molar-refractivity contribution in [1.82, 2.24) is 0 Å². The van der Waals surface area contributed by atoms with Crippen LogP contribution in [0.3, 0.4) is 0 Å². The molecule has 0 heterocycles. The average Bonchev–Trinajstić information content (AvgIpc) is 2.28. The minimum absolute atomic E-state index is 0.497. The van der Waals surface area contributed by atoms with Crippen LogP contribution in [0.1, 0.15) is 19.4 Å². The molecule has 0 radical (unpaired) electrons. The van der Waals surface area contributed by atoms with Gasteiger partial charge in [-0.15, -0.1) is 12.6 Å². The van der Waals surface area contributed by atoms with E-state index in [0.717, 1.165) is 10.5 Å². The third-order valence-corrected chi connectivity index (χ3v) is 4.06. The van der Waals surface area contributed by atoms with Crippen LogP contribution in [0.4, 0.5) is 0 Å². The second kappa shape index (κ2) is 7.86. The van der Waals surface area contributed by atoms with E-state index in [4.69, 9.17) is 13.3 Å². The van der Waals surface area contributed by atoms with Crippen LogP contribution in [0.2, 0.25) is 0 Å². The molecule has 0 saturated carbocycles. The molecule has 0 aliphatic heterocycles. The van der Waals surface area contributed by atoms with Crippen molar-refractivity contribution in [2.24, 2.45) is 0 Å². The fourth-order valence-corrected chi connectivity index (χ4v) is 2.58. The maximum absolute atomic E-state index is 5.64. The van der Waals surface area contributed by atoms with E-state index >= 15 is 0 Å². The zero-order chi connectivity index (χ0) is 11.8. The highest BCUT2D eigenvalue weighted by molar-refractivity contribution is 7.80. The number of thiol groups is 1. The standard InChI is InChI=1S/C11H18O3SSi/c1-3-12-16(13-4-2)14-9-10-7-5-6-8-11(10)15/h5-8,15-16H,3-4,9H2,1-2H3. The van der Waals surface area contributed by atoms with E-state index in [1.807, 2.05) is 38.1 Å². The molecular weight excluding hydrogens is 240 g/mol. The first-order chi connectivity index (χ1) is 7.77. The fraction of sp³-hybridized carbons (Fsp3) is 0.455. The van der Waals surface area contributed by atoms with Crippen LogP contribution in [0.25, 0.3) is 0 Å². The quantitative estimate of drug-likeness (QED) is 0.600. The largest absolute Gasteiger partial charge is 0.484 e. The first kappa shape index (κ1) is 13.7. The summed E-state index contributed by atoms with van der Waals surface area (Å²) in [5.41, 5.74) is 1.06. The summed E-state index contributed by atoms with van der Waals surface area (Å²) >= 11 is 4.36. The van der Waals surface area contributed by atoms with Gasteiger partial charge in [0.2, 0.25) is 0 Å². The minimum Gasteiger partial charge on any atom is -0.376 e. The van der Waals surface area contributed by atoms with E-state index in [2.05, 4.69) is 12.6 Å². The molecule has 5 heteroatoms. The number of hydrogen-bond acceptors (Lipinski definition) is 4. The Bertz CT molecular complexity index is 303. The molecule has 3 nitrogen and oxygen atoms in total. The monoisotopic (exact) mass is 258 g/mol. The predicted molar refractivity (Wildman–Crippen MR) is 68.9 cm³/mol. The SMILES string of the molecule is CCO[SiH](OCC)OCc1ccccc1S. The molecule has 0 bridgehead atoms. The first-order valence-corrected chi connectivity index (χ1v) is 7.25. The summed E-state index contributed by atoms with van der Waals surface area (Å²) in [6.45, 7) is 5.62. The van der Waals surface area contributed by atoms with Crippen molar-refractivity contribution in [2.75, 3.05) is 13.2 Å². The topological polar surface area (TPSA) is 27.7 Å². The number of rotatable bonds is 7. The average molecular weight is 258 g/mol. The highest BCUT2D eigenvalue weighted by Crippen LogP contribution is 2.14. The molecule has 0 fully saturated rings. The Hall–Kier alpha value is -0.333. The lowest BCUT2D eigenvalue weighted by molar-refractivity contribution is 0.0955. The first-order valence-electron chi connectivity index (χ1n) is 5.39. The molecule has 0 aliphatic rings. The lowest BCUT2D eigenvalue weighted by Gasteiger charge is -2.15.